The molecule has 0 spiro atoms. The van der Waals surface area contributed by atoms with Crippen LogP contribution in [0, 0.1) is 18.8 Å². The molecule has 1 aliphatic carbocycles. The van der Waals surface area contributed by atoms with E-state index in [1.807, 2.05) is 0 Å². The second-order valence-electron chi connectivity index (χ2n) is 7.40. The van der Waals surface area contributed by atoms with E-state index in [2.05, 4.69) is 27.1 Å². The minimum absolute atomic E-state index is 0.809. The van der Waals surface area contributed by atoms with E-state index in [9.17, 15) is 0 Å². The molecule has 1 aromatic rings. The standard InChI is InChI=1S/C17H27N3S/c1-13-18-16(12-21-13)10-19-7-15-5-6-17(11-19)20(9-15)8-14-3-2-4-14/h12,14-15,17H,2-11H2,1H3/t15-,17+/m1/s1. The molecule has 2 atom stereocenters. The fraction of sp³-hybridized carbons (Fsp3) is 0.824. The number of aromatic nitrogens is 1. The van der Waals surface area contributed by atoms with Gasteiger partial charge in [0.1, 0.15) is 0 Å². The summed E-state index contributed by atoms with van der Waals surface area (Å²) in [4.78, 5) is 10.2. The van der Waals surface area contributed by atoms with Gasteiger partial charge in [0.2, 0.25) is 0 Å². The summed E-state index contributed by atoms with van der Waals surface area (Å²) >= 11 is 1.79. The lowest BCUT2D eigenvalue weighted by molar-refractivity contribution is 0.0890. The van der Waals surface area contributed by atoms with Gasteiger partial charge in [0.05, 0.1) is 10.7 Å². The molecule has 4 heterocycles. The lowest BCUT2D eigenvalue weighted by Crippen LogP contribution is -2.46. The minimum atomic E-state index is 0.809. The van der Waals surface area contributed by atoms with Crippen molar-refractivity contribution >= 4 is 11.3 Å². The number of thiazole rings is 1. The summed E-state index contributed by atoms with van der Waals surface area (Å²) in [5.74, 6) is 1.91. The highest BCUT2D eigenvalue weighted by atomic mass is 32.1. The first-order valence-corrected chi connectivity index (χ1v) is 9.51. The predicted molar refractivity (Wildman–Crippen MR) is 87.6 cm³/mol. The average Bonchev–Trinajstić information content (AvgIpc) is 2.65. The molecule has 0 unspecified atom stereocenters. The third kappa shape index (κ3) is 3.17. The van der Waals surface area contributed by atoms with Gasteiger partial charge in [-0.15, -0.1) is 11.3 Å². The molecular formula is C17H27N3S. The lowest BCUT2D eigenvalue weighted by atomic mass is 9.83. The third-order valence-corrected chi connectivity index (χ3v) is 6.49. The average molecular weight is 305 g/mol. The molecular weight excluding hydrogens is 278 g/mol. The predicted octanol–water partition coefficient (Wildman–Crippen LogP) is 3.15. The summed E-state index contributed by atoms with van der Waals surface area (Å²) in [5.41, 5.74) is 1.28. The molecule has 0 radical (unpaired) electrons. The maximum absolute atomic E-state index is 4.66. The Kier molecular flexibility index (Phi) is 4.03. The molecule has 3 saturated heterocycles. The number of fused-ring (bicyclic) bond motifs is 4. The van der Waals surface area contributed by atoms with Crippen molar-refractivity contribution in [3.05, 3.63) is 16.1 Å². The lowest BCUT2D eigenvalue weighted by Gasteiger charge is -2.40. The maximum atomic E-state index is 4.66. The summed E-state index contributed by atoms with van der Waals surface area (Å²) in [6.45, 7) is 8.46. The zero-order chi connectivity index (χ0) is 14.2. The van der Waals surface area contributed by atoms with Gasteiger partial charge in [0, 0.05) is 44.1 Å². The Labute approximate surface area is 132 Å². The molecule has 1 aromatic heterocycles. The number of hydrogen-bond acceptors (Lipinski definition) is 4. The van der Waals surface area contributed by atoms with Gasteiger partial charge in [0.25, 0.3) is 0 Å². The van der Waals surface area contributed by atoms with Crippen molar-refractivity contribution in [2.75, 3.05) is 26.2 Å². The van der Waals surface area contributed by atoms with E-state index in [-0.39, 0.29) is 0 Å². The van der Waals surface area contributed by atoms with Crippen LogP contribution in [0.3, 0.4) is 0 Å². The first-order valence-electron chi connectivity index (χ1n) is 8.63. The molecule has 0 amide bonds. The van der Waals surface area contributed by atoms with Gasteiger partial charge < -0.3 is 0 Å². The van der Waals surface area contributed by atoms with Crippen LogP contribution in [0.4, 0.5) is 0 Å². The van der Waals surface area contributed by atoms with E-state index in [1.54, 1.807) is 11.3 Å². The topological polar surface area (TPSA) is 19.4 Å². The maximum Gasteiger partial charge on any atom is 0.0897 e. The number of rotatable bonds is 4. The van der Waals surface area contributed by atoms with Gasteiger partial charge in [-0.05, 0) is 44.4 Å². The van der Waals surface area contributed by atoms with Crippen molar-refractivity contribution in [2.45, 2.75) is 51.6 Å². The fourth-order valence-electron chi connectivity index (χ4n) is 4.35. The van der Waals surface area contributed by atoms with Crippen LogP contribution < -0.4 is 0 Å². The molecule has 116 valence electrons. The van der Waals surface area contributed by atoms with Crippen molar-refractivity contribution in [1.82, 2.24) is 14.8 Å². The summed E-state index contributed by atoms with van der Waals surface area (Å²) < 4.78 is 0. The van der Waals surface area contributed by atoms with E-state index in [0.29, 0.717) is 0 Å². The van der Waals surface area contributed by atoms with E-state index in [0.717, 1.165) is 24.4 Å². The molecule has 0 aromatic carbocycles. The molecule has 3 aliphatic heterocycles. The Hall–Kier alpha value is -0.450. The van der Waals surface area contributed by atoms with Crippen LogP contribution in [0.5, 0.6) is 0 Å². The van der Waals surface area contributed by atoms with Crippen molar-refractivity contribution in [2.24, 2.45) is 11.8 Å². The molecule has 1 saturated carbocycles. The van der Waals surface area contributed by atoms with Gasteiger partial charge in [-0.25, -0.2) is 4.98 Å². The van der Waals surface area contributed by atoms with Gasteiger partial charge in [-0.3, -0.25) is 9.80 Å². The van der Waals surface area contributed by atoms with E-state index in [1.165, 1.54) is 69.0 Å². The number of nitrogens with zero attached hydrogens (tertiary/aromatic N) is 3. The number of piperidine rings is 1. The van der Waals surface area contributed by atoms with Crippen LogP contribution in [0.1, 0.15) is 42.8 Å². The molecule has 3 nitrogen and oxygen atoms in total. The van der Waals surface area contributed by atoms with Crippen LogP contribution in [0.25, 0.3) is 0 Å². The Morgan fingerprint density at radius 3 is 2.81 bits per heavy atom. The van der Waals surface area contributed by atoms with E-state index >= 15 is 0 Å². The van der Waals surface area contributed by atoms with Gasteiger partial charge in [-0.2, -0.15) is 0 Å². The quantitative estimate of drug-likeness (QED) is 0.852. The van der Waals surface area contributed by atoms with Crippen molar-refractivity contribution in [1.29, 1.82) is 0 Å². The zero-order valence-electron chi connectivity index (χ0n) is 13.1. The summed E-state index contributed by atoms with van der Waals surface area (Å²) in [5, 5.41) is 3.45. The molecule has 5 rings (SSSR count). The fourth-order valence-corrected chi connectivity index (χ4v) is 4.95. The monoisotopic (exact) mass is 305 g/mol. The minimum Gasteiger partial charge on any atom is -0.299 e. The summed E-state index contributed by atoms with van der Waals surface area (Å²) in [6, 6.07) is 0.809. The molecule has 2 bridgehead atoms. The van der Waals surface area contributed by atoms with Crippen LogP contribution in [-0.2, 0) is 6.54 Å². The highest BCUT2D eigenvalue weighted by Gasteiger charge is 2.36. The Balaban J connectivity index is 1.40. The van der Waals surface area contributed by atoms with Gasteiger partial charge in [-0.1, -0.05) is 6.42 Å². The summed E-state index contributed by atoms with van der Waals surface area (Å²) in [7, 11) is 0. The third-order valence-electron chi connectivity index (χ3n) is 5.67. The van der Waals surface area contributed by atoms with Crippen LogP contribution in [0.15, 0.2) is 5.38 Å². The van der Waals surface area contributed by atoms with E-state index in [4.69, 9.17) is 0 Å². The Morgan fingerprint density at radius 1 is 1.19 bits per heavy atom. The molecule has 4 heteroatoms. The first-order chi connectivity index (χ1) is 10.3. The van der Waals surface area contributed by atoms with Crippen LogP contribution in [0.2, 0.25) is 0 Å². The summed E-state index contributed by atoms with van der Waals surface area (Å²) in [6.07, 6.45) is 7.30. The SMILES string of the molecule is Cc1nc(CN2C[C@H]3CC[C@@H](C2)N(CC2CCC2)C3)cs1. The van der Waals surface area contributed by atoms with Gasteiger partial charge in [0.15, 0.2) is 0 Å². The number of hydrogen-bond donors (Lipinski definition) is 0. The van der Waals surface area contributed by atoms with Crippen molar-refractivity contribution in [3.8, 4) is 0 Å². The molecule has 4 fully saturated rings. The molecule has 4 aliphatic rings. The normalized spacial score (nSPS) is 31.3. The highest BCUT2D eigenvalue weighted by Crippen LogP contribution is 2.33. The Bertz CT molecular complexity index is 482. The van der Waals surface area contributed by atoms with Crippen molar-refractivity contribution in [3.63, 3.8) is 0 Å². The largest absolute Gasteiger partial charge is 0.299 e. The van der Waals surface area contributed by atoms with Crippen LogP contribution >= 0.6 is 11.3 Å². The van der Waals surface area contributed by atoms with Crippen molar-refractivity contribution < 1.29 is 0 Å². The second kappa shape index (κ2) is 5.98. The second-order valence-corrected chi connectivity index (χ2v) is 8.46. The molecule has 21 heavy (non-hydrogen) atoms. The first kappa shape index (κ1) is 14.2. The van der Waals surface area contributed by atoms with Crippen LogP contribution in [-0.4, -0.2) is 47.0 Å². The number of aryl methyl sites for hydroxylation is 1. The highest BCUT2D eigenvalue weighted by molar-refractivity contribution is 7.09. The van der Waals surface area contributed by atoms with Gasteiger partial charge >= 0.3 is 0 Å². The Morgan fingerprint density at radius 2 is 2.10 bits per heavy atom. The van der Waals surface area contributed by atoms with E-state index < -0.39 is 0 Å². The smallest absolute Gasteiger partial charge is 0.0897 e. The molecule has 0 N–H and O–H groups in total. The zero-order valence-corrected chi connectivity index (χ0v) is 13.9.